The monoisotopic (exact) mass is 1180 g/mol. The smallest absolute Gasteiger partial charge is 0.0528 e. The van der Waals surface area contributed by atoms with Crippen LogP contribution in [-0.4, -0.2) is 16.7 Å². The van der Waals surface area contributed by atoms with Gasteiger partial charge in [-0.3, -0.25) is 0 Å². The van der Waals surface area contributed by atoms with Crippen LogP contribution in [0.2, 0.25) is 0 Å². The second-order valence-electron chi connectivity index (χ2n) is 24.5. The van der Waals surface area contributed by atoms with Crippen LogP contribution in [0.1, 0.15) is 168 Å². The van der Waals surface area contributed by atoms with Gasteiger partial charge in [0.05, 0.1) is 5.52 Å². The van der Waals surface area contributed by atoms with Crippen molar-refractivity contribution in [3.8, 4) is 16.8 Å². The average Bonchev–Trinajstić information content (AvgIpc) is 1.57. The lowest BCUT2D eigenvalue weighted by Gasteiger charge is -2.40. The van der Waals surface area contributed by atoms with E-state index in [9.17, 15) is 0 Å². The number of hydrogen-bond donors (Lipinski definition) is 0. The molecule has 3 heterocycles. The van der Waals surface area contributed by atoms with E-state index < -0.39 is 0 Å². The fourth-order valence-electron chi connectivity index (χ4n) is 13.9. The van der Waals surface area contributed by atoms with Crippen LogP contribution in [0.15, 0.2) is 255 Å². The van der Waals surface area contributed by atoms with Gasteiger partial charge in [0.25, 0.3) is 0 Å². The van der Waals surface area contributed by atoms with Gasteiger partial charge >= 0.3 is 0 Å². The molecule has 0 spiro atoms. The Bertz CT molecular complexity index is 3900. The highest BCUT2D eigenvalue weighted by Gasteiger charge is 2.40. The highest BCUT2D eigenvalue weighted by atomic mass is 15.2. The molecule has 1 aromatic heterocycles. The van der Waals surface area contributed by atoms with E-state index in [4.69, 9.17) is 0 Å². The first-order chi connectivity index (χ1) is 44.0. The number of unbranched alkanes of at least 4 members (excludes halogenated alkanes) is 1. The second kappa shape index (κ2) is 30.4. The number of fused-ring (bicyclic) bond motifs is 6. The van der Waals surface area contributed by atoms with E-state index in [1.54, 1.807) is 0 Å². The molecule has 3 heteroatoms. The number of nitrogens with zero attached hydrogens (tertiary/aromatic N) is 3. The van der Waals surface area contributed by atoms with Crippen LogP contribution >= 0.6 is 0 Å². The van der Waals surface area contributed by atoms with Gasteiger partial charge in [0, 0.05) is 52.1 Å². The zero-order valence-electron chi connectivity index (χ0n) is 54.9. The first-order valence-electron chi connectivity index (χ1n) is 33.3. The lowest BCUT2D eigenvalue weighted by Crippen LogP contribution is -2.34. The van der Waals surface area contributed by atoms with E-state index in [0.717, 1.165) is 32.1 Å². The number of rotatable bonds is 15. The molecule has 90 heavy (non-hydrogen) atoms. The summed E-state index contributed by atoms with van der Waals surface area (Å²) in [7, 11) is 0. The molecule has 0 N–H and O–H groups in total. The van der Waals surface area contributed by atoms with Gasteiger partial charge < -0.3 is 14.4 Å². The molecule has 1 aliphatic carbocycles. The topological polar surface area (TPSA) is 11.4 Å². The number of anilines is 4. The molecule has 4 atom stereocenters. The summed E-state index contributed by atoms with van der Waals surface area (Å²) in [6.07, 6.45) is 29.6. The maximum atomic E-state index is 3.73. The van der Waals surface area contributed by atoms with Crippen molar-refractivity contribution in [3.63, 3.8) is 0 Å². The van der Waals surface area contributed by atoms with Crippen LogP contribution in [0.25, 0.3) is 58.1 Å². The van der Waals surface area contributed by atoms with Crippen LogP contribution in [-0.2, 0) is 5.41 Å². The Balaban J connectivity index is 0.000000221. The quantitative estimate of drug-likeness (QED) is 0.0576. The fraction of sp³-hybridized carbons (Fsp3) is 0.241. The molecule has 9 aromatic carbocycles. The Morgan fingerprint density at radius 1 is 0.444 bits per heavy atom. The number of aromatic nitrogens is 1. The normalized spacial score (nSPS) is 17.0. The van der Waals surface area contributed by atoms with Gasteiger partial charge in [-0.25, -0.2) is 0 Å². The molecule has 0 saturated carbocycles. The molecule has 3 aliphatic rings. The van der Waals surface area contributed by atoms with E-state index in [2.05, 4.69) is 324 Å². The van der Waals surface area contributed by atoms with E-state index in [-0.39, 0.29) is 5.41 Å². The van der Waals surface area contributed by atoms with E-state index in [1.165, 1.54) is 119 Å². The summed E-state index contributed by atoms with van der Waals surface area (Å²) in [5.74, 6) is 1.17. The maximum absolute atomic E-state index is 3.73. The van der Waals surface area contributed by atoms with Gasteiger partial charge in [-0.2, -0.15) is 0 Å². The van der Waals surface area contributed by atoms with Crippen molar-refractivity contribution in [2.24, 2.45) is 0 Å². The fourth-order valence-corrected chi connectivity index (χ4v) is 13.9. The maximum Gasteiger partial charge on any atom is 0.0528 e. The molecular weight excluding hydrogens is 1090 g/mol. The summed E-state index contributed by atoms with van der Waals surface area (Å²) >= 11 is 0. The molecule has 0 radical (unpaired) electrons. The summed E-state index contributed by atoms with van der Waals surface area (Å²) < 4.78 is 2.23. The summed E-state index contributed by atoms with van der Waals surface area (Å²) in [5, 5.41) is 1.27. The number of para-hydroxylation sites is 3. The molecule has 0 bridgehead atoms. The molecular formula is C87H93N3. The number of aryl methyl sites for hydroxylation is 1. The average molecular weight is 1180 g/mol. The summed E-state index contributed by atoms with van der Waals surface area (Å²) in [6.45, 7) is 24.0. The van der Waals surface area contributed by atoms with Crippen molar-refractivity contribution in [2.75, 3.05) is 9.80 Å². The standard InChI is InChI=1S/C55H56N2.C23H23N.C7H8.C2H6/c1-7-55(8-2)51-35-43(19-17-41-21-27-45(28-22-41)56-39(5)33-37(3)47-13-9-11-15-53(47)56)25-31-49(51)50-32-26-44(36-52(50)55)20-18-42-23-29-46(30-24-42)57-40(6)34-38(4)48-14-10-12-16-54(48)57;1-2-3-4-5-6-7-8-11-20-14-16-22(17-15-20)24-19-18-21-12-9-10-13-23(21)24;1-7-5-3-2-4-6-7;1-2/h9-32,35-40H,7-8,33-34H2,1-6H3;2,5-6,8-19H,1,3-4,7H2;2-6H,1H3;1-2H3/b19-17+,20-18+;6-5-,11-8+;;. The van der Waals surface area contributed by atoms with Crippen molar-refractivity contribution in [3.05, 3.63) is 311 Å². The van der Waals surface area contributed by atoms with Crippen LogP contribution in [0.3, 0.4) is 0 Å². The van der Waals surface area contributed by atoms with E-state index >= 15 is 0 Å². The van der Waals surface area contributed by atoms with Gasteiger partial charge in [0.2, 0.25) is 0 Å². The summed E-state index contributed by atoms with van der Waals surface area (Å²) in [5.41, 5.74) is 23.8. The molecule has 10 aromatic rings. The number of allylic oxidation sites excluding steroid dienone is 4. The van der Waals surface area contributed by atoms with Crippen molar-refractivity contribution in [1.29, 1.82) is 0 Å². The highest BCUT2D eigenvalue weighted by Crippen LogP contribution is 2.53. The van der Waals surface area contributed by atoms with Crippen LogP contribution in [0.4, 0.5) is 22.7 Å². The van der Waals surface area contributed by atoms with Crippen molar-refractivity contribution in [2.45, 2.75) is 137 Å². The van der Waals surface area contributed by atoms with Crippen LogP contribution in [0, 0.1) is 6.92 Å². The predicted molar refractivity (Wildman–Crippen MR) is 394 cm³/mol. The number of hydrogen-bond acceptors (Lipinski definition) is 2. The second-order valence-corrected chi connectivity index (χ2v) is 24.5. The molecule has 13 rings (SSSR count). The lowest BCUT2D eigenvalue weighted by molar-refractivity contribution is 0.490. The Kier molecular flexibility index (Phi) is 21.5. The largest absolute Gasteiger partial charge is 0.338 e. The molecule has 0 saturated heterocycles. The van der Waals surface area contributed by atoms with Crippen molar-refractivity contribution < 1.29 is 0 Å². The minimum absolute atomic E-state index is 0.000483. The zero-order chi connectivity index (χ0) is 63.0. The molecule has 0 amide bonds. The molecule has 456 valence electrons. The minimum Gasteiger partial charge on any atom is -0.338 e. The zero-order valence-corrected chi connectivity index (χ0v) is 54.9. The van der Waals surface area contributed by atoms with Crippen molar-refractivity contribution >= 4 is 64.0 Å². The van der Waals surface area contributed by atoms with Gasteiger partial charge in [0.1, 0.15) is 0 Å². The first-order valence-corrected chi connectivity index (χ1v) is 33.3. The van der Waals surface area contributed by atoms with Crippen molar-refractivity contribution in [1.82, 2.24) is 4.57 Å². The summed E-state index contributed by atoms with van der Waals surface area (Å²) in [6, 6.07) is 80.8. The van der Waals surface area contributed by atoms with Gasteiger partial charge in [-0.15, -0.1) is 6.58 Å². The highest BCUT2D eigenvalue weighted by molar-refractivity contribution is 5.86. The third-order valence-electron chi connectivity index (χ3n) is 18.6. The third kappa shape index (κ3) is 14.4. The Labute approximate surface area is 539 Å². The summed E-state index contributed by atoms with van der Waals surface area (Å²) in [4.78, 5) is 5.04. The lowest BCUT2D eigenvalue weighted by atomic mass is 9.73. The molecule has 2 aliphatic heterocycles. The predicted octanol–water partition coefficient (Wildman–Crippen LogP) is 24.8. The van der Waals surface area contributed by atoms with E-state index in [1.807, 2.05) is 38.1 Å². The Hall–Kier alpha value is -9.18. The van der Waals surface area contributed by atoms with Gasteiger partial charge in [-0.1, -0.05) is 260 Å². The third-order valence-corrected chi connectivity index (χ3v) is 18.6. The minimum atomic E-state index is -0.000483. The van der Waals surface area contributed by atoms with Gasteiger partial charge in [0.15, 0.2) is 0 Å². The SMILES string of the molecule is C=CCC/C=C\C/C=C/c1ccc(-n2ccc3ccccc32)cc1.CC.CCC1(CC)c2cc(/C=C/c3ccc(N4c5ccccc5C(C)CC4C)cc3)ccc2-c2ccc(/C=C/c3ccc(N4c5ccccc5C(C)CC4C)cc3)cc21.Cc1ccccc1. The van der Waals surface area contributed by atoms with E-state index in [0.29, 0.717) is 23.9 Å². The van der Waals surface area contributed by atoms with Crippen LogP contribution in [0.5, 0.6) is 0 Å². The van der Waals surface area contributed by atoms with Gasteiger partial charge in [-0.05, 0) is 205 Å². The number of benzene rings is 9. The first kappa shape index (κ1) is 63.8. The molecule has 3 nitrogen and oxygen atoms in total. The Morgan fingerprint density at radius 3 is 1.38 bits per heavy atom. The van der Waals surface area contributed by atoms with Crippen LogP contribution < -0.4 is 9.80 Å². The molecule has 4 unspecified atom stereocenters. The molecule has 0 fully saturated rings. The Morgan fingerprint density at radius 2 is 0.889 bits per heavy atom.